The number of aromatic nitrogens is 4. The van der Waals surface area contributed by atoms with Crippen molar-refractivity contribution >= 4 is 11.5 Å². The lowest BCUT2D eigenvalue weighted by Gasteiger charge is -2.25. The molecule has 1 saturated heterocycles. The molecule has 0 radical (unpaired) electrons. The number of hydrogen-bond acceptors (Lipinski definition) is 6. The fourth-order valence-electron chi connectivity index (χ4n) is 3.40. The molecule has 0 bridgehead atoms. The molecule has 4 rings (SSSR count). The highest BCUT2D eigenvalue weighted by atomic mass is 16.6. The summed E-state index contributed by atoms with van der Waals surface area (Å²) in [4.78, 5) is 22.1. The predicted octanol–water partition coefficient (Wildman–Crippen LogP) is 3.42. The van der Waals surface area contributed by atoms with Gasteiger partial charge in [0, 0.05) is 42.2 Å². The summed E-state index contributed by atoms with van der Waals surface area (Å²) in [6.45, 7) is 2.81. The molecule has 8 nitrogen and oxygen atoms in total. The number of rotatable bonds is 4. The smallest absolute Gasteiger partial charge is 0.270 e. The van der Waals surface area contributed by atoms with E-state index >= 15 is 0 Å². The van der Waals surface area contributed by atoms with Crippen molar-refractivity contribution in [3.05, 3.63) is 64.1 Å². The summed E-state index contributed by atoms with van der Waals surface area (Å²) in [6, 6.07) is 10.6. The van der Waals surface area contributed by atoms with E-state index in [0.717, 1.165) is 36.6 Å². The number of aryl methyl sites for hydroxylation is 1. The molecular weight excluding hydrogens is 332 g/mol. The number of anilines is 1. The standard InChI is InChI=1S/C18H18N6O2/c1-12-10-17(23-9-3-6-16(23)15-7-8-19-22-15)21-18(20-12)13-4-2-5-14(11-13)24(25)26/h2,4-5,7-8,10-11,16H,3,6,9H2,1H3,(H,19,22)/t16-/m0/s1. The number of hydrogen-bond donors (Lipinski definition) is 1. The van der Waals surface area contributed by atoms with E-state index in [4.69, 9.17) is 4.98 Å². The second-order valence-corrected chi connectivity index (χ2v) is 6.36. The molecular formula is C18H18N6O2. The molecule has 0 aliphatic carbocycles. The number of aromatic amines is 1. The van der Waals surface area contributed by atoms with Crippen LogP contribution in [0.1, 0.15) is 30.3 Å². The number of non-ortho nitro benzene ring substituents is 1. The largest absolute Gasteiger partial charge is 0.348 e. The average molecular weight is 350 g/mol. The van der Waals surface area contributed by atoms with Gasteiger partial charge in [-0.3, -0.25) is 15.2 Å². The van der Waals surface area contributed by atoms with Crippen molar-refractivity contribution in [3.8, 4) is 11.4 Å². The molecule has 1 fully saturated rings. The van der Waals surface area contributed by atoms with Crippen LogP contribution in [0.3, 0.4) is 0 Å². The number of benzene rings is 1. The highest BCUT2D eigenvalue weighted by Gasteiger charge is 2.28. The summed E-state index contributed by atoms with van der Waals surface area (Å²) >= 11 is 0. The van der Waals surface area contributed by atoms with Crippen LogP contribution in [0, 0.1) is 17.0 Å². The van der Waals surface area contributed by atoms with Crippen LogP contribution in [0.5, 0.6) is 0 Å². The van der Waals surface area contributed by atoms with E-state index in [-0.39, 0.29) is 11.7 Å². The van der Waals surface area contributed by atoms with Crippen molar-refractivity contribution in [2.24, 2.45) is 0 Å². The third kappa shape index (κ3) is 3.01. The number of nitro groups is 1. The topological polar surface area (TPSA) is 101 Å². The summed E-state index contributed by atoms with van der Waals surface area (Å²) in [5.41, 5.74) is 2.56. The van der Waals surface area contributed by atoms with Gasteiger partial charge in [0.25, 0.3) is 5.69 Å². The Labute approximate surface area is 150 Å². The predicted molar refractivity (Wildman–Crippen MR) is 96.8 cm³/mol. The Hall–Kier alpha value is -3.29. The van der Waals surface area contributed by atoms with Gasteiger partial charge in [-0.15, -0.1) is 0 Å². The summed E-state index contributed by atoms with van der Waals surface area (Å²) in [5, 5.41) is 18.2. The van der Waals surface area contributed by atoms with Crippen LogP contribution in [0.15, 0.2) is 42.6 Å². The maximum atomic E-state index is 11.0. The zero-order chi connectivity index (χ0) is 18.1. The van der Waals surface area contributed by atoms with Crippen molar-refractivity contribution in [1.29, 1.82) is 0 Å². The minimum Gasteiger partial charge on any atom is -0.348 e. The quantitative estimate of drug-likeness (QED) is 0.571. The minimum absolute atomic E-state index is 0.0330. The molecule has 0 amide bonds. The zero-order valence-corrected chi connectivity index (χ0v) is 14.3. The molecule has 1 aliphatic heterocycles. The normalized spacial score (nSPS) is 16.8. The van der Waals surface area contributed by atoms with Crippen LogP contribution in [0.25, 0.3) is 11.4 Å². The number of H-pyrrole nitrogens is 1. The van der Waals surface area contributed by atoms with Gasteiger partial charge < -0.3 is 4.90 Å². The third-order valence-electron chi connectivity index (χ3n) is 4.58. The maximum Gasteiger partial charge on any atom is 0.270 e. The molecule has 1 N–H and O–H groups in total. The van der Waals surface area contributed by atoms with E-state index in [9.17, 15) is 10.1 Å². The molecule has 1 aromatic carbocycles. The van der Waals surface area contributed by atoms with Crippen LogP contribution in [0.4, 0.5) is 11.5 Å². The van der Waals surface area contributed by atoms with E-state index in [0.29, 0.717) is 11.4 Å². The first-order valence-corrected chi connectivity index (χ1v) is 8.48. The molecule has 3 heterocycles. The lowest BCUT2D eigenvalue weighted by Crippen LogP contribution is -2.24. The number of nitrogens with one attached hydrogen (secondary N) is 1. The second kappa shape index (κ2) is 6.55. The highest BCUT2D eigenvalue weighted by Crippen LogP contribution is 2.35. The van der Waals surface area contributed by atoms with Gasteiger partial charge in [0.15, 0.2) is 5.82 Å². The number of nitro benzene ring substituents is 1. The van der Waals surface area contributed by atoms with Gasteiger partial charge in [0.05, 0.1) is 16.7 Å². The fourth-order valence-corrected chi connectivity index (χ4v) is 3.40. The highest BCUT2D eigenvalue weighted by molar-refractivity contribution is 5.61. The van der Waals surface area contributed by atoms with Gasteiger partial charge in [-0.05, 0) is 25.8 Å². The Kier molecular flexibility index (Phi) is 4.08. The van der Waals surface area contributed by atoms with Crippen LogP contribution >= 0.6 is 0 Å². The minimum atomic E-state index is -0.408. The first kappa shape index (κ1) is 16.2. The van der Waals surface area contributed by atoms with Crippen molar-refractivity contribution in [2.75, 3.05) is 11.4 Å². The van der Waals surface area contributed by atoms with Gasteiger partial charge in [-0.2, -0.15) is 5.10 Å². The van der Waals surface area contributed by atoms with Crippen molar-refractivity contribution < 1.29 is 4.92 Å². The lowest BCUT2D eigenvalue weighted by molar-refractivity contribution is -0.384. The Balaban J connectivity index is 1.73. The van der Waals surface area contributed by atoms with Crippen LogP contribution < -0.4 is 4.90 Å². The van der Waals surface area contributed by atoms with Gasteiger partial charge in [0.1, 0.15) is 5.82 Å². The van der Waals surface area contributed by atoms with Gasteiger partial charge in [-0.25, -0.2) is 9.97 Å². The van der Waals surface area contributed by atoms with Crippen molar-refractivity contribution in [1.82, 2.24) is 20.2 Å². The Morgan fingerprint density at radius 1 is 1.27 bits per heavy atom. The summed E-state index contributed by atoms with van der Waals surface area (Å²) in [5.74, 6) is 1.33. The number of nitrogens with zero attached hydrogens (tertiary/aromatic N) is 5. The second-order valence-electron chi connectivity index (χ2n) is 6.36. The lowest BCUT2D eigenvalue weighted by atomic mass is 10.1. The van der Waals surface area contributed by atoms with Crippen molar-refractivity contribution in [2.45, 2.75) is 25.8 Å². The van der Waals surface area contributed by atoms with E-state index in [1.54, 1.807) is 18.3 Å². The first-order chi connectivity index (χ1) is 12.6. The van der Waals surface area contributed by atoms with Gasteiger partial charge in [-0.1, -0.05) is 12.1 Å². The first-order valence-electron chi connectivity index (χ1n) is 8.48. The maximum absolute atomic E-state index is 11.0. The molecule has 26 heavy (non-hydrogen) atoms. The monoisotopic (exact) mass is 350 g/mol. The Bertz CT molecular complexity index is 941. The summed E-state index contributed by atoms with van der Waals surface area (Å²) in [7, 11) is 0. The van der Waals surface area contributed by atoms with Crippen molar-refractivity contribution in [3.63, 3.8) is 0 Å². The molecule has 0 saturated carbocycles. The van der Waals surface area contributed by atoms with Gasteiger partial charge >= 0.3 is 0 Å². The average Bonchev–Trinajstić information content (AvgIpc) is 3.32. The van der Waals surface area contributed by atoms with E-state index < -0.39 is 4.92 Å². The Morgan fingerprint density at radius 2 is 2.15 bits per heavy atom. The van der Waals surface area contributed by atoms with Crippen LogP contribution in [-0.4, -0.2) is 31.6 Å². The van der Waals surface area contributed by atoms with Crippen LogP contribution in [0.2, 0.25) is 0 Å². The fraction of sp³-hybridized carbons (Fsp3) is 0.278. The zero-order valence-electron chi connectivity index (χ0n) is 14.3. The van der Waals surface area contributed by atoms with E-state index in [2.05, 4.69) is 20.1 Å². The van der Waals surface area contributed by atoms with E-state index in [1.807, 2.05) is 19.1 Å². The molecule has 0 unspecified atom stereocenters. The van der Waals surface area contributed by atoms with Gasteiger partial charge in [0.2, 0.25) is 0 Å². The van der Waals surface area contributed by atoms with E-state index in [1.165, 1.54) is 12.1 Å². The SMILES string of the molecule is Cc1cc(N2CCC[C@H]2c2ccn[nH]2)nc(-c2cccc([N+](=O)[O-])c2)n1. The molecule has 1 atom stereocenters. The summed E-state index contributed by atoms with van der Waals surface area (Å²) in [6.07, 6.45) is 3.85. The molecule has 3 aromatic rings. The third-order valence-corrected chi connectivity index (χ3v) is 4.58. The molecule has 1 aliphatic rings. The summed E-state index contributed by atoms with van der Waals surface area (Å²) < 4.78 is 0. The Morgan fingerprint density at radius 3 is 2.92 bits per heavy atom. The van der Waals surface area contributed by atoms with Crippen LogP contribution in [-0.2, 0) is 0 Å². The molecule has 0 spiro atoms. The molecule has 132 valence electrons. The molecule has 8 heteroatoms. The molecule has 2 aromatic heterocycles.